The first-order valence-corrected chi connectivity index (χ1v) is 10.3. The van der Waals surface area contributed by atoms with Crippen molar-refractivity contribution in [3.05, 3.63) is 41.3 Å². The highest BCUT2D eigenvalue weighted by molar-refractivity contribution is 7.18. The van der Waals surface area contributed by atoms with E-state index in [-0.39, 0.29) is 11.9 Å². The second-order valence-electron chi connectivity index (χ2n) is 6.70. The number of ether oxygens (including phenoxy) is 2. The Morgan fingerprint density at radius 2 is 1.93 bits per heavy atom. The predicted molar refractivity (Wildman–Crippen MR) is 111 cm³/mol. The number of carbonyl (C=O) groups is 2. The van der Waals surface area contributed by atoms with Gasteiger partial charge in [0.1, 0.15) is 0 Å². The van der Waals surface area contributed by atoms with Gasteiger partial charge in [-0.05, 0) is 18.1 Å². The second-order valence-corrected chi connectivity index (χ2v) is 7.73. The van der Waals surface area contributed by atoms with Crippen molar-refractivity contribution in [2.45, 2.75) is 12.8 Å². The Hall–Kier alpha value is -2.38. The van der Waals surface area contributed by atoms with E-state index >= 15 is 0 Å². The van der Waals surface area contributed by atoms with Gasteiger partial charge in [-0.25, -0.2) is 0 Å². The molecule has 1 aromatic heterocycles. The summed E-state index contributed by atoms with van der Waals surface area (Å²) in [4.78, 5) is 28.9. The fraction of sp³-hybridized carbons (Fsp3) is 0.429. The van der Waals surface area contributed by atoms with Crippen LogP contribution >= 0.6 is 11.3 Å². The summed E-state index contributed by atoms with van der Waals surface area (Å²) in [6.45, 7) is 3.55. The Morgan fingerprint density at radius 1 is 1.21 bits per heavy atom. The summed E-state index contributed by atoms with van der Waals surface area (Å²) in [6, 6.07) is 12.1. The molecule has 3 rings (SSSR count). The Morgan fingerprint density at radius 3 is 2.61 bits per heavy atom. The molecular weight excluding hydrogens is 376 g/mol. The molecule has 0 spiro atoms. The van der Waals surface area contributed by atoms with Crippen LogP contribution in [0.15, 0.2) is 36.4 Å². The van der Waals surface area contributed by atoms with E-state index < -0.39 is 0 Å². The van der Waals surface area contributed by atoms with Crippen LogP contribution in [0.25, 0.3) is 11.1 Å². The lowest BCUT2D eigenvalue weighted by atomic mass is 10.1. The molecule has 6 nitrogen and oxygen atoms in total. The van der Waals surface area contributed by atoms with Gasteiger partial charge >= 0.3 is 5.97 Å². The maximum Gasteiger partial charge on any atom is 0.305 e. The van der Waals surface area contributed by atoms with Crippen molar-refractivity contribution in [2.75, 3.05) is 51.9 Å². The quantitative estimate of drug-likeness (QED) is 0.665. The van der Waals surface area contributed by atoms with Crippen LogP contribution in [0.3, 0.4) is 0 Å². The molecule has 1 saturated heterocycles. The van der Waals surface area contributed by atoms with Gasteiger partial charge in [0.2, 0.25) is 0 Å². The normalized spacial score (nSPS) is 14.0. The summed E-state index contributed by atoms with van der Waals surface area (Å²) >= 11 is 1.53. The second kappa shape index (κ2) is 9.71. The van der Waals surface area contributed by atoms with Crippen LogP contribution in [0.1, 0.15) is 22.5 Å². The van der Waals surface area contributed by atoms with E-state index in [0.29, 0.717) is 37.5 Å². The van der Waals surface area contributed by atoms with Crippen molar-refractivity contribution in [2.24, 2.45) is 0 Å². The number of methoxy groups -OCH3 is 1. The molecule has 1 fully saturated rings. The minimum absolute atomic E-state index is 0.0217. The zero-order valence-corrected chi connectivity index (χ0v) is 17.2. The van der Waals surface area contributed by atoms with E-state index in [9.17, 15) is 9.59 Å². The van der Waals surface area contributed by atoms with Gasteiger partial charge in [0.25, 0.3) is 5.91 Å². The van der Waals surface area contributed by atoms with Crippen LogP contribution in [0.4, 0.5) is 5.00 Å². The summed E-state index contributed by atoms with van der Waals surface area (Å²) in [6.07, 6.45) is 0.898. The number of esters is 1. The number of hydrogen-bond donors (Lipinski definition) is 0. The van der Waals surface area contributed by atoms with Crippen LogP contribution in [-0.4, -0.2) is 63.8 Å². The van der Waals surface area contributed by atoms with Crippen LogP contribution in [-0.2, 0) is 14.3 Å². The minimum atomic E-state index is -0.252. The number of anilines is 1. The third-order valence-electron chi connectivity index (χ3n) is 4.76. The molecule has 150 valence electrons. The first-order valence-electron chi connectivity index (χ1n) is 9.44. The van der Waals surface area contributed by atoms with Gasteiger partial charge in [-0.2, -0.15) is 0 Å². The monoisotopic (exact) mass is 402 g/mol. The molecule has 1 aromatic carbocycles. The smallest absolute Gasteiger partial charge is 0.305 e. The summed E-state index contributed by atoms with van der Waals surface area (Å²) < 4.78 is 10.1. The van der Waals surface area contributed by atoms with Gasteiger partial charge in [0.15, 0.2) is 0 Å². The number of carbonyl (C=O) groups excluding carboxylic acids is 2. The fourth-order valence-corrected chi connectivity index (χ4v) is 4.39. The first kappa shape index (κ1) is 20.4. The average molecular weight is 403 g/mol. The van der Waals surface area contributed by atoms with Gasteiger partial charge in [-0.15, -0.1) is 11.3 Å². The lowest BCUT2D eigenvalue weighted by Crippen LogP contribution is -2.35. The van der Waals surface area contributed by atoms with Gasteiger partial charge in [0, 0.05) is 38.7 Å². The number of amides is 1. The van der Waals surface area contributed by atoms with Crippen molar-refractivity contribution in [3.63, 3.8) is 0 Å². The number of rotatable bonds is 7. The molecule has 0 aliphatic carbocycles. The highest BCUT2D eigenvalue weighted by atomic mass is 32.1. The van der Waals surface area contributed by atoms with Crippen LogP contribution < -0.4 is 4.90 Å². The molecule has 0 unspecified atom stereocenters. The average Bonchev–Trinajstić information content (AvgIpc) is 3.19. The molecule has 28 heavy (non-hydrogen) atoms. The maximum atomic E-state index is 12.9. The van der Waals surface area contributed by atoms with Crippen LogP contribution in [0, 0.1) is 0 Å². The van der Waals surface area contributed by atoms with Gasteiger partial charge < -0.3 is 19.3 Å². The molecule has 1 amide bonds. The van der Waals surface area contributed by atoms with E-state index in [0.717, 1.165) is 29.2 Å². The van der Waals surface area contributed by atoms with Gasteiger partial charge in [-0.3, -0.25) is 9.59 Å². The molecule has 1 aliphatic heterocycles. The van der Waals surface area contributed by atoms with E-state index in [1.54, 1.807) is 11.9 Å². The van der Waals surface area contributed by atoms with Crippen LogP contribution in [0.2, 0.25) is 0 Å². The highest BCUT2D eigenvalue weighted by Crippen LogP contribution is 2.39. The number of morpholine rings is 1. The Kier molecular flexibility index (Phi) is 7.06. The maximum absolute atomic E-state index is 12.9. The summed E-state index contributed by atoms with van der Waals surface area (Å²) in [5, 5.41) is 1.11. The van der Waals surface area contributed by atoms with Gasteiger partial charge in [-0.1, -0.05) is 30.3 Å². The SMILES string of the molecule is COC(=O)CCCN(C)C(=O)c1cc(-c2ccccc2)c(N2CCOCC2)s1. The molecule has 2 heterocycles. The molecule has 0 atom stereocenters. The first-order chi connectivity index (χ1) is 13.6. The zero-order chi connectivity index (χ0) is 19.9. The van der Waals surface area contributed by atoms with E-state index in [4.69, 9.17) is 4.74 Å². The molecule has 1 aliphatic rings. The number of thiophene rings is 1. The number of benzene rings is 1. The molecule has 0 N–H and O–H groups in total. The summed E-state index contributed by atoms with van der Waals surface area (Å²) in [5.74, 6) is -0.274. The van der Waals surface area contributed by atoms with Crippen molar-refractivity contribution in [3.8, 4) is 11.1 Å². The lowest BCUT2D eigenvalue weighted by Gasteiger charge is -2.28. The molecule has 7 heteroatoms. The van der Waals surface area contributed by atoms with E-state index in [2.05, 4.69) is 21.8 Å². The molecular formula is C21H26N2O4S. The van der Waals surface area contributed by atoms with E-state index in [1.165, 1.54) is 18.4 Å². The van der Waals surface area contributed by atoms with Crippen molar-refractivity contribution >= 4 is 28.2 Å². The molecule has 2 aromatic rings. The zero-order valence-electron chi connectivity index (χ0n) is 16.3. The summed E-state index contributed by atoms with van der Waals surface area (Å²) in [7, 11) is 3.15. The highest BCUT2D eigenvalue weighted by Gasteiger charge is 2.23. The predicted octanol–water partition coefficient (Wildman–Crippen LogP) is 3.28. The Balaban J connectivity index is 1.80. The third-order valence-corrected chi connectivity index (χ3v) is 5.94. The van der Waals surface area contributed by atoms with Gasteiger partial charge in [0.05, 0.1) is 30.2 Å². The van der Waals surface area contributed by atoms with Crippen molar-refractivity contribution < 1.29 is 19.1 Å². The number of hydrogen-bond acceptors (Lipinski definition) is 6. The number of nitrogens with zero attached hydrogens (tertiary/aromatic N) is 2. The lowest BCUT2D eigenvalue weighted by molar-refractivity contribution is -0.140. The summed E-state index contributed by atoms with van der Waals surface area (Å²) in [5.41, 5.74) is 2.19. The largest absolute Gasteiger partial charge is 0.469 e. The standard InChI is InChI=1S/C21H26N2O4S/c1-22(10-6-9-19(24)26-2)20(25)18-15-17(16-7-4-3-5-8-16)21(28-18)23-11-13-27-14-12-23/h3-5,7-8,15H,6,9-14H2,1-2H3. The Labute approximate surface area is 169 Å². The topological polar surface area (TPSA) is 59.1 Å². The molecule has 0 bridgehead atoms. The minimum Gasteiger partial charge on any atom is -0.469 e. The fourth-order valence-electron chi connectivity index (χ4n) is 3.16. The van der Waals surface area contributed by atoms with Crippen molar-refractivity contribution in [1.29, 1.82) is 0 Å². The molecule has 0 radical (unpaired) electrons. The third kappa shape index (κ3) is 4.91. The Bertz CT molecular complexity index is 800. The van der Waals surface area contributed by atoms with Crippen molar-refractivity contribution in [1.82, 2.24) is 4.90 Å². The van der Waals surface area contributed by atoms with E-state index in [1.807, 2.05) is 24.3 Å². The van der Waals surface area contributed by atoms with Crippen LogP contribution in [0.5, 0.6) is 0 Å². The molecule has 0 saturated carbocycles.